The number of amides is 1. The average Bonchev–Trinajstić information content (AvgIpc) is 2.61. The van der Waals surface area contributed by atoms with Gasteiger partial charge in [0.2, 0.25) is 0 Å². The van der Waals surface area contributed by atoms with E-state index in [1.54, 1.807) is 30.5 Å². The highest BCUT2D eigenvalue weighted by molar-refractivity contribution is 6.30. The summed E-state index contributed by atoms with van der Waals surface area (Å²) >= 11 is 5.95. The molecule has 3 rings (SSSR count). The topological polar surface area (TPSA) is 44.7 Å². The molecule has 0 aromatic heterocycles. The first kappa shape index (κ1) is 21.4. The van der Waals surface area contributed by atoms with E-state index in [4.69, 9.17) is 11.6 Å². The van der Waals surface area contributed by atoms with Gasteiger partial charge in [0, 0.05) is 27.9 Å². The Morgan fingerprint density at radius 1 is 1.31 bits per heavy atom. The Hall–Kier alpha value is -2.33. The number of fused-ring (bicyclic) bond motifs is 1. The van der Waals surface area contributed by atoms with Crippen molar-refractivity contribution in [2.75, 3.05) is 4.90 Å². The predicted molar refractivity (Wildman–Crippen MR) is 122 cm³/mol. The maximum atomic E-state index is 12.3. The summed E-state index contributed by atoms with van der Waals surface area (Å²) in [5.41, 5.74) is 8.00. The van der Waals surface area contributed by atoms with Crippen LogP contribution in [0.4, 0.5) is 5.69 Å². The monoisotopic (exact) mass is 411 g/mol. The van der Waals surface area contributed by atoms with Crippen LogP contribution in [0.15, 0.2) is 41.5 Å². The van der Waals surface area contributed by atoms with Crippen molar-refractivity contribution in [3.8, 4) is 0 Å². The molecule has 1 aliphatic rings. The Morgan fingerprint density at radius 2 is 2.03 bits per heavy atom. The largest absolute Gasteiger partial charge is 0.364 e. The van der Waals surface area contributed by atoms with Gasteiger partial charge in [0.1, 0.15) is 0 Å². The van der Waals surface area contributed by atoms with Gasteiger partial charge in [0.15, 0.2) is 0 Å². The van der Waals surface area contributed by atoms with Gasteiger partial charge in [-0.25, -0.2) is 5.43 Å². The van der Waals surface area contributed by atoms with Crippen molar-refractivity contribution < 1.29 is 4.79 Å². The molecule has 1 atom stereocenters. The van der Waals surface area contributed by atoms with Gasteiger partial charge < -0.3 is 4.90 Å². The lowest BCUT2D eigenvalue weighted by atomic mass is 9.78. The van der Waals surface area contributed by atoms with E-state index in [1.165, 1.54) is 11.3 Å². The van der Waals surface area contributed by atoms with Gasteiger partial charge >= 0.3 is 0 Å². The Bertz CT molecular complexity index is 949. The van der Waals surface area contributed by atoms with Crippen molar-refractivity contribution in [1.29, 1.82) is 0 Å². The Morgan fingerprint density at radius 3 is 2.69 bits per heavy atom. The molecule has 1 amide bonds. The number of carbonyl (C=O) groups is 1. The fourth-order valence-electron chi connectivity index (χ4n) is 4.59. The van der Waals surface area contributed by atoms with E-state index in [1.807, 2.05) is 0 Å². The third-order valence-corrected chi connectivity index (χ3v) is 5.87. The molecular weight excluding hydrogens is 382 g/mol. The summed E-state index contributed by atoms with van der Waals surface area (Å²) in [6.07, 6.45) is 2.83. The van der Waals surface area contributed by atoms with E-state index >= 15 is 0 Å². The average molecular weight is 412 g/mol. The summed E-state index contributed by atoms with van der Waals surface area (Å²) in [7, 11) is 0. The second-order valence-electron chi connectivity index (χ2n) is 8.86. The molecule has 4 nitrogen and oxygen atoms in total. The van der Waals surface area contributed by atoms with Crippen LogP contribution >= 0.6 is 11.6 Å². The molecule has 154 valence electrons. The summed E-state index contributed by atoms with van der Waals surface area (Å²) in [4.78, 5) is 14.8. The van der Waals surface area contributed by atoms with Gasteiger partial charge in [-0.15, -0.1) is 0 Å². The molecule has 0 spiro atoms. The lowest BCUT2D eigenvalue weighted by molar-refractivity contribution is 0.0955. The maximum absolute atomic E-state index is 12.3. The lowest BCUT2D eigenvalue weighted by Gasteiger charge is -2.50. The lowest BCUT2D eigenvalue weighted by Crippen LogP contribution is -2.51. The quantitative estimate of drug-likeness (QED) is 0.501. The number of anilines is 1. The molecule has 2 aromatic rings. The first-order valence-corrected chi connectivity index (χ1v) is 10.5. The fraction of sp³-hybridized carbons (Fsp3) is 0.417. The minimum Gasteiger partial charge on any atom is -0.364 e. The summed E-state index contributed by atoms with van der Waals surface area (Å²) in [5.74, 6) is 0.185. The third-order valence-electron chi connectivity index (χ3n) is 5.64. The number of hydrogen-bond acceptors (Lipinski definition) is 3. The van der Waals surface area contributed by atoms with E-state index in [0.29, 0.717) is 22.5 Å². The number of halogens is 1. The Labute approximate surface area is 179 Å². The molecule has 5 heteroatoms. The zero-order valence-corrected chi connectivity index (χ0v) is 18.8. The Kier molecular flexibility index (Phi) is 6.04. The van der Waals surface area contributed by atoms with Gasteiger partial charge in [0.05, 0.1) is 6.21 Å². The molecule has 0 saturated heterocycles. The number of benzene rings is 2. The first-order valence-electron chi connectivity index (χ1n) is 10.1. The van der Waals surface area contributed by atoms with Crippen LogP contribution in [0.1, 0.15) is 74.0 Å². The van der Waals surface area contributed by atoms with Crippen molar-refractivity contribution >= 4 is 29.4 Å². The molecule has 1 aliphatic heterocycles. The van der Waals surface area contributed by atoms with Gasteiger partial charge in [-0.2, -0.15) is 5.10 Å². The SMILES string of the molecule is Cc1cc2c(cc1/C=N/NC(=O)c1cccc(Cl)c1)C(C)CC(C)(C)N2C(C)C. The van der Waals surface area contributed by atoms with E-state index in [-0.39, 0.29) is 11.4 Å². The van der Waals surface area contributed by atoms with Crippen molar-refractivity contribution in [1.82, 2.24) is 5.43 Å². The Balaban J connectivity index is 1.86. The molecule has 0 aliphatic carbocycles. The molecule has 0 fully saturated rings. The zero-order valence-electron chi connectivity index (χ0n) is 18.1. The second kappa shape index (κ2) is 8.19. The molecular formula is C24H30ClN3O. The first-order chi connectivity index (χ1) is 13.6. The second-order valence-corrected chi connectivity index (χ2v) is 9.29. The molecule has 0 saturated carbocycles. The number of hydrazone groups is 1. The fourth-order valence-corrected chi connectivity index (χ4v) is 4.78. The molecule has 0 bridgehead atoms. The summed E-state index contributed by atoms with van der Waals surface area (Å²) in [6, 6.07) is 11.7. The van der Waals surface area contributed by atoms with Crippen LogP contribution in [0.5, 0.6) is 0 Å². The van der Waals surface area contributed by atoms with Crippen molar-refractivity contribution in [2.45, 2.75) is 65.5 Å². The smallest absolute Gasteiger partial charge is 0.271 e. The predicted octanol–water partition coefficient (Wildman–Crippen LogP) is 5.91. The molecule has 1 N–H and O–H groups in total. The molecule has 1 unspecified atom stereocenters. The molecule has 0 radical (unpaired) electrons. The highest BCUT2D eigenvalue weighted by Gasteiger charge is 2.37. The van der Waals surface area contributed by atoms with Gasteiger partial charge in [-0.1, -0.05) is 24.6 Å². The van der Waals surface area contributed by atoms with Crippen LogP contribution < -0.4 is 10.3 Å². The van der Waals surface area contributed by atoms with Crippen LogP contribution in [0, 0.1) is 6.92 Å². The molecule has 29 heavy (non-hydrogen) atoms. The summed E-state index contributed by atoms with van der Waals surface area (Å²) < 4.78 is 0. The number of hydrogen-bond donors (Lipinski definition) is 1. The van der Waals surface area contributed by atoms with E-state index in [2.05, 4.69) is 69.1 Å². The number of rotatable bonds is 4. The van der Waals surface area contributed by atoms with E-state index in [0.717, 1.165) is 17.5 Å². The highest BCUT2D eigenvalue weighted by atomic mass is 35.5. The normalized spacial score (nSPS) is 18.2. The number of nitrogens with zero attached hydrogens (tertiary/aromatic N) is 2. The van der Waals surface area contributed by atoms with Crippen LogP contribution in [0.3, 0.4) is 0 Å². The van der Waals surface area contributed by atoms with Gasteiger partial charge in [-0.3, -0.25) is 4.79 Å². The van der Waals surface area contributed by atoms with Crippen LogP contribution in [0.25, 0.3) is 0 Å². The van der Waals surface area contributed by atoms with Crippen LogP contribution in [0.2, 0.25) is 5.02 Å². The number of aryl methyl sites for hydroxylation is 1. The maximum Gasteiger partial charge on any atom is 0.271 e. The highest BCUT2D eigenvalue weighted by Crippen LogP contribution is 2.45. The number of carbonyl (C=O) groups excluding carboxylic acids is 1. The van der Waals surface area contributed by atoms with Crippen molar-refractivity contribution in [2.24, 2.45) is 5.10 Å². The van der Waals surface area contributed by atoms with Crippen molar-refractivity contribution in [3.63, 3.8) is 0 Å². The minimum atomic E-state index is -0.277. The summed E-state index contributed by atoms with van der Waals surface area (Å²) in [6.45, 7) is 13.5. The third kappa shape index (κ3) is 4.48. The van der Waals surface area contributed by atoms with Crippen LogP contribution in [-0.4, -0.2) is 23.7 Å². The van der Waals surface area contributed by atoms with Crippen LogP contribution in [-0.2, 0) is 0 Å². The van der Waals surface area contributed by atoms with Crippen molar-refractivity contribution in [3.05, 3.63) is 63.7 Å². The molecule has 1 heterocycles. The van der Waals surface area contributed by atoms with Gasteiger partial charge in [-0.05, 0) is 94.0 Å². The molecule has 2 aromatic carbocycles. The standard InChI is InChI=1S/C24H30ClN3O/c1-15(2)28-22-10-16(3)19(12-21(22)17(4)13-24(28,5)6)14-26-27-23(29)18-8-7-9-20(25)11-18/h7-12,14-15,17H,13H2,1-6H3,(H,27,29)/b26-14+. The van der Waals surface area contributed by atoms with E-state index in [9.17, 15) is 4.79 Å². The van der Waals surface area contributed by atoms with E-state index < -0.39 is 0 Å². The number of nitrogens with one attached hydrogen (secondary N) is 1. The van der Waals surface area contributed by atoms with Gasteiger partial charge in [0.25, 0.3) is 5.91 Å². The summed E-state index contributed by atoms with van der Waals surface area (Å²) in [5, 5.41) is 4.71. The minimum absolute atomic E-state index is 0.119. The zero-order chi connectivity index (χ0) is 21.3.